The third-order valence-electron chi connectivity index (χ3n) is 3.86. The minimum Gasteiger partial charge on any atom is -0.497 e. The molecule has 2 rings (SSSR count). The first kappa shape index (κ1) is 19.8. The van der Waals surface area contributed by atoms with Gasteiger partial charge in [0.05, 0.1) is 7.11 Å². The quantitative estimate of drug-likeness (QED) is 0.726. The summed E-state index contributed by atoms with van der Waals surface area (Å²) >= 11 is 0. The van der Waals surface area contributed by atoms with Crippen LogP contribution in [0.2, 0.25) is 0 Å². The fourth-order valence-electron chi connectivity index (χ4n) is 2.49. The number of benzene rings is 2. The lowest BCUT2D eigenvalue weighted by Gasteiger charge is -2.22. The molecule has 0 aliphatic heterocycles. The summed E-state index contributed by atoms with van der Waals surface area (Å²) in [6, 6.07) is 9.00. The molecule has 0 saturated heterocycles. The Bertz CT molecular complexity index is 712. The number of rotatable bonds is 7. The maximum absolute atomic E-state index is 13.2. The number of carbonyl (C=O) groups is 1. The van der Waals surface area contributed by atoms with Gasteiger partial charge in [0.1, 0.15) is 11.6 Å². The van der Waals surface area contributed by atoms with Crippen molar-refractivity contribution in [2.45, 2.75) is 31.5 Å². The fraction of sp³-hybridized carbons (Fsp3) is 0.316. The highest BCUT2D eigenvalue weighted by Gasteiger charge is 2.41. The topological polar surface area (TPSA) is 38.3 Å². The minimum atomic E-state index is -4.66. The molecule has 3 nitrogen and oxygen atoms in total. The molecule has 0 aliphatic rings. The largest absolute Gasteiger partial charge is 0.497 e. The molecule has 0 aliphatic carbocycles. The molecular formula is C19H19F4NO2. The number of nitrogens with one attached hydrogen (secondary N) is 1. The van der Waals surface area contributed by atoms with Crippen molar-refractivity contribution in [2.75, 3.05) is 7.11 Å². The van der Waals surface area contributed by atoms with Gasteiger partial charge in [0.25, 0.3) is 0 Å². The highest BCUT2D eigenvalue weighted by molar-refractivity contribution is 5.76. The lowest BCUT2D eigenvalue weighted by atomic mass is 10.0. The molecule has 1 amide bonds. The molecule has 0 aromatic heterocycles. The first-order valence-electron chi connectivity index (χ1n) is 8.04. The number of ether oxygens (including phenoxy) is 1. The first-order chi connectivity index (χ1) is 12.3. The molecule has 2 aromatic rings. The van der Waals surface area contributed by atoms with Gasteiger partial charge in [-0.3, -0.25) is 4.79 Å². The Balaban J connectivity index is 1.91. The number of halogens is 4. The molecular weight excluding hydrogens is 350 g/mol. The van der Waals surface area contributed by atoms with E-state index in [0.717, 1.165) is 29.8 Å². The number of hydrogen-bond donors (Lipinski definition) is 1. The third-order valence-corrected chi connectivity index (χ3v) is 3.86. The van der Waals surface area contributed by atoms with Gasteiger partial charge in [0.15, 0.2) is 6.04 Å². The van der Waals surface area contributed by atoms with Crippen LogP contribution in [0.1, 0.15) is 30.0 Å². The highest BCUT2D eigenvalue weighted by Crippen LogP contribution is 2.32. The van der Waals surface area contributed by atoms with Crippen LogP contribution in [-0.2, 0) is 11.2 Å². The van der Waals surface area contributed by atoms with Crippen LogP contribution in [0.4, 0.5) is 17.6 Å². The molecule has 0 fully saturated rings. The van der Waals surface area contributed by atoms with Gasteiger partial charge in [-0.15, -0.1) is 0 Å². The molecule has 0 heterocycles. The Morgan fingerprint density at radius 3 is 2.23 bits per heavy atom. The average Bonchev–Trinajstić information content (AvgIpc) is 2.60. The van der Waals surface area contributed by atoms with Crippen LogP contribution >= 0.6 is 0 Å². The van der Waals surface area contributed by atoms with Crippen LogP contribution in [0.5, 0.6) is 5.75 Å². The Morgan fingerprint density at radius 2 is 1.69 bits per heavy atom. The molecule has 0 radical (unpaired) electrons. The number of carbonyl (C=O) groups excluding carboxylic acids is 1. The second-order valence-corrected chi connectivity index (χ2v) is 5.80. The zero-order chi connectivity index (χ0) is 19.2. The van der Waals surface area contributed by atoms with E-state index < -0.39 is 23.9 Å². The van der Waals surface area contributed by atoms with Gasteiger partial charge in [0, 0.05) is 6.42 Å². The van der Waals surface area contributed by atoms with Crippen LogP contribution in [0.25, 0.3) is 0 Å². The molecule has 7 heteroatoms. The summed E-state index contributed by atoms with van der Waals surface area (Å²) in [5, 5.41) is 1.99. The van der Waals surface area contributed by atoms with Crippen LogP contribution in [0.3, 0.4) is 0 Å². The first-order valence-corrected chi connectivity index (χ1v) is 8.04. The van der Waals surface area contributed by atoms with Gasteiger partial charge >= 0.3 is 6.18 Å². The molecule has 1 atom stereocenters. The van der Waals surface area contributed by atoms with E-state index in [2.05, 4.69) is 0 Å². The van der Waals surface area contributed by atoms with Gasteiger partial charge in [-0.25, -0.2) is 4.39 Å². The minimum absolute atomic E-state index is 0.0419. The van der Waals surface area contributed by atoms with Crippen LogP contribution in [0, 0.1) is 5.82 Å². The van der Waals surface area contributed by atoms with Gasteiger partial charge < -0.3 is 10.1 Å². The molecule has 0 bridgehead atoms. The predicted molar refractivity (Wildman–Crippen MR) is 89.3 cm³/mol. The zero-order valence-corrected chi connectivity index (χ0v) is 14.1. The summed E-state index contributed by atoms with van der Waals surface area (Å²) in [6.45, 7) is 0. The van der Waals surface area contributed by atoms with E-state index in [1.807, 2.05) is 17.4 Å². The molecule has 140 valence electrons. The average molecular weight is 369 g/mol. The Labute approximate surface area is 149 Å². The zero-order valence-electron chi connectivity index (χ0n) is 14.1. The summed E-state index contributed by atoms with van der Waals surface area (Å²) < 4.78 is 57.6. The number of aryl methyl sites for hydroxylation is 1. The van der Waals surface area contributed by atoms with Crippen molar-refractivity contribution in [2.24, 2.45) is 0 Å². The Kier molecular flexibility index (Phi) is 6.60. The summed E-state index contributed by atoms with van der Waals surface area (Å²) in [5.74, 6) is -0.635. The van der Waals surface area contributed by atoms with E-state index in [0.29, 0.717) is 18.6 Å². The monoisotopic (exact) mass is 369 g/mol. The van der Waals surface area contributed by atoms with Crippen molar-refractivity contribution in [3.63, 3.8) is 0 Å². The number of alkyl halides is 3. The summed E-state index contributed by atoms with van der Waals surface area (Å²) in [6.07, 6.45) is -3.74. The maximum Gasteiger partial charge on any atom is 0.412 e. The number of methoxy groups -OCH3 is 1. The van der Waals surface area contributed by atoms with Crippen LogP contribution in [0.15, 0.2) is 48.5 Å². The van der Waals surface area contributed by atoms with E-state index >= 15 is 0 Å². The highest BCUT2D eigenvalue weighted by atomic mass is 19.4. The molecule has 26 heavy (non-hydrogen) atoms. The molecule has 1 N–H and O–H groups in total. The normalized spacial score (nSPS) is 12.5. The molecule has 1 unspecified atom stereocenters. The number of hydrogen-bond acceptors (Lipinski definition) is 2. The second kappa shape index (κ2) is 8.69. The van der Waals surface area contributed by atoms with Crippen molar-refractivity contribution in [3.05, 3.63) is 65.5 Å². The standard InChI is InChI=1S/C19H19F4NO2/c1-26-16-11-5-13(6-12-16)3-2-4-17(25)24-18(19(21,22)23)14-7-9-15(20)10-8-14/h5-12,18H,2-4H2,1H3,(H,24,25). The smallest absolute Gasteiger partial charge is 0.412 e. The van der Waals surface area contributed by atoms with Crippen LogP contribution in [-0.4, -0.2) is 19.2 Å². The maximum atomic E-state index is 13.2. The van der Waals surface area contributed by atoms with Crippen molar-refractivity contribution in [1.82, 2.24) is 5.32 Å². The number of amides is 1. The molecule has 0 saturated carbocycles. The summed E-state index contributed by atoms with van der Waals surface area (Å²) in [5.41, 5.74) is 0.756. The third kappa shape index (κ3) is 5.75. The molecule has 2 aromatic carbocycles. The van der Waals surface area contributed by atoms with E-state index in [-0.39, 0.29) is 12.0 Å². The lowest BCUT2D eigenvalue weighted by Crippen LogP contribution is -2.38. The van der Waals surface area contributed by atoms with E-state index in [1.165, 1.54) is 0 Å². The van der Waals surface area contributed by atoms with E-state index in [1.54, 1.807) is 19.2 Å². The van der Waals surface area contributed by atoms with Gasteiger partial charge in [-0.1, -0.05) is 24.3 Å². The Morgan fingerprint density at radius 1 is 1.08 bits per heavy atom. The second-order valence-electron chi connectivity index (χ2n) is 5.80. The van der Waals surface area contributed by atoms with Gasteiger partial charge in [0.2, 0.25) is 5.91 Å². The van der Waals surface area contributed by atoms with Gasteiger partial charge in [-0.05, 0) is 48.2 Å². The van der Waals surface area contributed by atoms with Crippen molar-refractivity contribution >= 4 is 5.91 Å². The van der Waals surface area contributed by atoms with Crippen LogP contribution < -0.4 is 10.1 Å². The summed E-state index contributed by atoms with van der Waals surface area (Å²) in [7, 11) is 1.55. The van der Waals surface area contributed by atoms with Crippen molar-refractivity contribution in [1.29, 1.82) is 0 Å². The van der Waals surface area contributed by atoms with Gasteiger partial charge in [-0.2, -0.15) is 13.2 Å². The SMILES string of the molecule is COc1ccc(CCCC(=O)NC(c2ccc(F)cc2)C(F)(F)F)cc1. The molecule has 0 spiro atoms. The summed E-state index contributed by atoms with van der Waals surface area (Å²) in [4.78, 5) is 11.9. The Hall–Kier alpha value is -2.57. The van der Waals surface area contributed by atoms with E-state index in [4.69, 9.17) is 4.74 Å². The van der Waals surface area contributed by atoms with E-state index in [9.17, 15) is 22.4 Å². The predicted octanol–water partition coefficient (Wildman–Crippen LogP) is 4.58. The van der Waals surface area contributed by atoms with Crippen molar-refractivity contribution < 1.29 is 27.1 Å². The lowest BCUT2D eigenvalue weighted by molar-refractivity contribution is -0.163. The fourth-order valence-corrected chi connectivity index (χ4v) is 2.49. The van der Waals surface area contributed by atoms with Crippen molar-refractivity contribution in [3.8, 4) is 5.75 Å².